The monoisotopic (exact) mass is 673 g/mol. The third-order valence-electron chi connectivity index (χ3n) is 8.00. The number of hydrogen-bond donors (Lipinski definition) is 1. The Morgan fingerprint density at radius 3 is 2.29 bits per heavy atom. The maximum Gasteiger partial charge on any atom is 0.264 e. The van der Waals surface area contributed by atoms with E-state index in [9.17, 15) is 18.0 Å². The smallest absolute Gasteiger partial charge is 0.264 e. The molecular weight excluding hydrogens is 633 g/mol. The molecule has 0 bridgehead atoms. The Morgan fingerprint density at radius 2 is 1.64 bits per heavy atom. The van der Waals surface area contributed by atoms with Crippen molar-refractivity contribution < 1.29 is 22.7 Å². The molecule has 0 radical (unpaired) electrons. The largest absolute Gasteiger partial charge is 0.492 e. The summed E-state index contributed by atoms with van der Waals surface area (Å²) in [5.74, 6) is -0.490. The highest BCUT2D eigenvalue weighted by Gasteiger charge is 2.35. The number of benzene rings is 3. The van der Waals surface area contributed by atoms with Gasteiger partial charge in [-0.05, 0) is 75.1 Å². The zero-order valence-corrected chi connectivity index (χ0v) is 28.3. The van der Waals surface area contributed by atoms with Crippen molar-refractivity contribution in [2.75, 3.05) is 17.5 Å². The quantitative estimate of drug-likeness (QED) is 0.208. The first-order valence-electron chi connectivity index (χ1n) is 15.4. The lowest BCUT2D eigenvalue weighted by Crippen LogP contribution is -2.54. The van der Waals surface area contributed by atoms with Gasteiger partial charge < -0.3 is 15.0 Å². The van der Waals surface area contributed by atoms with Gasteiger partial charge in [0, 0.05) is 12.6 Å². The summed E-state index contributed by atoms with van der Waals surface area (Å²) in [6.07, 6.45) is 5.32. The summed E-state index contributed by atoms with van der Waals surface area (Å²) < 4.78 is 35.3. The highest BCUT2D eigenvalue weighted by atomic mass is 35.5. The molecule has 0 saturated heterocycles. The average molecular weight is 675 g/mol. The number of amides is 2. The number of sulfonamides is 1. The molecule has 1 atom stereocenters. The Kier molecular flexibility index (Phi) is 12.2. The van der Waals surface area contributed by atoms with E-state index in [0.717, 1.165) is 42.0 Å². The van der Waals surface area contributed by atoms with Crippen LogP contribution in [0.3, 0.4) is 0 Å². The Labute approximate surface area is 276 Å². The molecule has 242 valence electrons. The average Bonchev–Trinajstić information content (AvgIpc) is 3.02. The predicted octanol–water partition coefficient (Wildman–Crippen LogP) is 7.15. The SMILES string of the molecule is CCOc1ccccc1N(CC(=O)N(Cc1ccc(Cl)c(Cl)c1)[C@@H](CC)C(=O)NC1CCCCC1)S(=O)(=O)c1ccc(C)cc1. The van der Waals surface area contributed by atoms with Gasteiger partial charge in [0.25, 0.3) is 10.0 Å². The molecule has 2 amide bonds. The first-order valence-corrected chi connectivity index (χ1v) is 17.6. The van der Waals surface area contributed by atoms with Crippen molar-refractivity contribution in [3.63, 3.8) is 0 Å². The highest BCUT2D eigenvalue weighted by molar-refractivity contribution is 7.92. The molecule has 0 unspecified atom stereocenters. The van der Waals surface area contributed by atoms with Crippen molar-refractivity contribution in [3.8, 4) is 5.75 Å². The lowest BCUT2D eigenvalue weighted by molar-refractivity contribution is -0.140. The van der Waals surface area contributed by atoms with Crippen LogP contribution in [0, 0.1) is 6.92 Å². The van der Waals surface area contributed by atoms with Crippen LogP contribution in [0.5, 0.6) is 5.75 Å². The minimum Gasteiger partial charge on any atom is -0.492 e. The normalized spacial score (nSPS) is 14.4. The second-order valence-electron chi connectivity index (χ2n) is 11.3. The summed E-state index contributed by atoms with van der Waals surface area (Å²) in [4.78, 5) is 29.6. The topological polar surface area (TPSA) is 96.0 Å². The second-order valence-corrected chi connectivity index (χ2v) is 13.9. The third-order valence-corrected chi connectivity index (χ3v) is 10.5. The minimum atomic E-state index is -4.23. The van der Waals surface area contributed by atoms with Gasteiger partial charge in [-0.3, -0.25) is 13.9 Å². The van der Waals surface area contributed by atoms with Crippen molar-refractivity contribution in [3.05, 3.63) is 87.9 Å². The number of ether oxygens (including phenoxy) is 1. The van der Waals surface area contributed by atoms with Gasteiger partial charge in [0.2, 0.25) is 11.8 Å². The molecule has 1 aliphatic carbocycles. The summed E-state index contributed by atoms with van der Waals surface area (Å²) in [7, 11) is -4.23. The molecule has 1 saturated carbocycles. The van der Waals surface area contributed by atoms with Crippen LogP contribution in [-0.2, 0) is 26.2 Å². The van der Waals surface area contributed by atoms with Crippen LogP contribution in [-0.4, -0.2) is 50.4 Å². The molecule has 0 aromatic heterocycles. The van der Waals surface area contributed by atoms with Crippen molar-refractivity contribution in [2.24, 2.45) is 0 Å². The van der Waals surface area contributed by atoms with E-state index in [0.29, 0.717) is 34.4 Å². The van der Waals surface area contributed by atoms with Gasteiger partial charge in [0.15, 0.2) is 0 Å². The van der Waals surface area contributed by atoms with E-state index in [2.05, 4.69) is 5.32 Å². The molecule has 4 rings (SSSR count). The predicted molar refractivity (Wildman–Crippen MR) is 179 cm³/mol. The van der Waals surface area contributed by atoms with Gasteiger partial charge in [-0.2, -0.15) is 0 Å². The number of nitrogens with zero attached hydrogens (tertiary/aromatic N) is 2. The fourth-order valence-corrected chi connectivity index (χ4v) is 7.34. The van der Waals surface area contributed by atoms with E-state index < -0.39 is 28.5 Å². The van der Waals surface area contributed by atoms with Crippen molar-refractivity contribution >= 4 is 50.7 Å². The van der Waals surface area contributed by atoms with Crippen LogP contribution in [0.15, 0.2) is 71.6 Å². The number of carbonyl (C=O) groups excluding carboxylic acids is 2. The fraction of sp³-hybridized carbons (Fsp3) is 0.412. The summed E-state index contributed by atoms with van der Waals surface area (Å²) in [5.41, 5.74) is 1.78. The van der Waals surface area contributed by atoms with E-state index >= 15 is 0 Å². The van der Waals surface area contributed by atoms with Gasteiger partial charge in [-0.1, -0.05) is 85.3 Å². The number of carbonyl (C=O) groups is 2. The van der Waals surface area contributed by atoms with Crippen LogP contribution in [0.1, 0.15) is 63.5 Å². The maximum absolute atomic E-state index is 14.4. The first-order chi connectivity index (χ1) is 21.5. The Hall–Kier alpha value is -3.27. The Morgan fingerprint density at radius 1 is 0.956 bits per heavy atom. The van der Waals surface area contributed by atoms with E-state index in [-0.39, 0.29) is 29.1 Å². The Bertz CT molecular complexity index is 1580. The van der Waals surface area contributed by atoms with Crippen molar-refractivity contribution in [2.45, 2.75) is 82.8 Å². The number of para-hydroxylation sites is 2. The summed E-state index contributed by atoms with van der Waals surface area (Å²) in [6, 6.07) is 17.4. The van der Waals surface area contributed by atoms with Gasteiger partial charge in [-0.25, -0.2) is 8.42 Å². The standard InChI is InChI=1S/C34H41Cl2N3O5S/c1-4-30(34(41)37-26-11-7-6-8-12-26)38(22-25-17-20-28(35)29(36)21-25)33(40)23-39(31-13-9-10-14-32(31)44-5-2)45(42,43)27-18-15-24(3)16-19-27/h9-10,13-21,26,30H,4-8,11-12,22-23H2,1-3H3,(H,37,41)/t30-/m0/s1. The van der Waals surface area contributed by atoms with Crippen molar-refractivity contribution in [1.29, 1.82) is 0 Å². The number of halogens is 2. The van der Waals surface area contributed by atoms with Crippen molar-refractivity contribution in [1.82, 2.24) is 10.2 Å². The van der Waals surface area contributed by atoms with E-state index in [1.165, 1.54) is 17.0 Å². The minimum absolute atomic E-state index is 0.0256. The van der Waals surface area contributed by atoms with E-state index in [1.807, 2.05) is 13.8 Å². The molecular formula is C34H41Cl2N3O5S. The molecule has 3 aromatic carbocycles. The Balaban J connectivity index is 1.76. The summed E-state index contributed by atoms with van der Waals surface area (Å²) >= 11 is 12.5. The molecule has 1 aliphatic rings. The number of nitrogens with one attached hydrogen (secondary N) is 1. The van der Waals surface area contributed by atoms with Crippen LogP contribution in [0.4, 0.5) is 5.69 Å². The number of aryl methyl sites for hydroxylation is 1. The van der Waals surface area contributed by atoms with E-state index in [4.69, 9.17) is 27.9 Å². The number of anilines is 1. The molecule has 8 nitrogen and oxygen atoms in total. The summed E-state index contributed by atoms with van der Waals surface area (Å²) in [6.45, 7) is 5.27. The van der Waals surface area contributed by atoms with Gasteiger partial charge >= 0.3 is 0 Å². The van der Waals surface area contributed by atoms with Gasteiger partial charge in [0.05, 0.1) is 27.2 Å². The molecule has 3 aromatic rings. The van der Waals surface area contributed by atoms with Crippen LogP contribution in [0.25, 0.3) is 0 Å². The third kappa shape index (κ3) is 8.71. The molecule has 11 heteroatoms. The molecule has 45 heavy (non-hydrogen) atoms. The molecule has 1 fully saturated rings. The van der Waals surface area contributed by atoms with Gasteiger partial charge in [0.1, 0.15) is 18.3 Å². The fourth-order valence-electron chi connectivity index (χ4n) is 5.59. The molecule has 0 spiro atoms. The maximum atomic E-state index is 14.4. The molecule has 0 heterocycles. The summed E-state index contributed by atoms with van der Waals surface area (Å²) in [5, 5.41) is 3.83. The number of rotatable bonds is 13. The molecule has 0 aliphatic heterocycles. The lowest BCUT2D eigenvalue weighted by Gasteiger charge is -2.34. The number of hydrogen-bond acceptors (Lipinski definition) is 5. The lowest BCUT2D eigenvalue weighted by atomic mass is 9.95. The van der Waals surface area contributed by atoms with Crippen LogP contribution in [0.2, 0.25) is 10.0 Å². The zero-order chi connectivity index (χ0) is 32.6. The second kappa shape index (κ2) is 15.8. The van der Waals surface area contributed by atoms with Gasteiger partial charge in [-0.15, -0.1) is 0 Å². The van der Waals surface area contributed by atoms with Crippen LogP contribution >= 0.6 is 23.2 Å². The first kappa shape index (κ1) is 34.6. The highest BCUT2D eigenvalue weighted by Crippen LogP contribution is 2.33. The van der Waals surface area contributed by atoms with E-state index in [1.54, 1.807) is 61.5 Å². The zero-order valence-electron chi connectivity index (χ0n) is 26.0. The molecule has 1 N–H and O–H groups in total. The van der Waals surface area contributed by atoms with Crippen LogP contribution < -0.4 is 14.4 Å².